The number of carboxylic acid groups (broad SMARTS) is 1. The van der Waals surface area contributed by atoms with Crippen molar-refractivity contribution in [2.75, 3.05) is 0 Å². The van der Waals surface area contributed by atoms with Crippen molar-refractivity contribution in [3.8, 4) is 17.1 Å². The molecule has 2 aromatic carbocycles. The third kappa shape index (κ3) is 4.53. The zero-order valence-corrected chi connectivity index (χ0v) is 21.6. The van der Waals surface area contributed by atoms with E-state index in [4.69, 9.17) is 9.84 Å². The number of ketones is 1. The molecule has 38 heavy (non-hydrogen) atoms. The van der Waals surface area contributed by atoms with Gasteiger partial charge in [0.15, 0.2) is 5.82 Å². The summed E-state index contributed by atoms with van der Waals surface area (Å²) >= 11 is 0. The van der Waals surface area contributed by atoms with E-state index in [9.17, 15) is 9.59 Å². The normalized spacial score (nSPS) is 26.0. The second kappa shape index (κ2) is 9.82. The monoisotopic (exact) mass is 508 g/mol. The van der Waals surface area contributed by atoms with E-state index in [0.29, 0.717) is 41.7 Å². The van der Waals surface area contributed by atoms with Gasteiger partial charge in [0.25, 0.3) is 0 Å². The molecule has 4 saturated carbocycles. The highest BCUT2D eigenvalue weighted by atomic mass is 16.5. The summed E-state index contributed by atoms with van der Waals surface area (Å²) in [4.78, 5) is 33.3. The Bertz CT molecular complexity index is 1380. The molecular weight excluding hydrogens is 476 g/mol. The Hall–Kier alpha value is -3.80. The first-order valence-electron chi connectivity index (χ1n) is 13.6. The quantitative estimate of drug-likeness (QED) is 0.362. The van der Waals surface area contributed by atoms with Gasteiger partial charge in [0.05, 0.1) is 0 Å². The zero-order chi connectivity index (χ0) is 26.3. The van der Waals surface area contributed by atoms with Gasteiger partial charge in [-0.3, -0.25) is 4.79 Å². The van der Waals surface area contributed by atoms with Crippen molar-refractivity contribution in [2.24, 2.45) is 17.8 Å². The van der Waals surface area contributed by atoms with E-state index in [1.165, 1.54) is 11.6 Å². The average Bonchev–Trinajstić information content (AvgIpc) is 2.93. The van der Waals surface area contributed by atoms with E-state index in [1.807, 2.05) is 37.3 Å². The van der Waals surface area contributed by atoms with Crippen LogP contribution in [-0.4, -0.2) is 26.8 Å². The summed E-state index contributed by atoms with van der Waals surface area (Å²) in [5.41, 5.74) is 4.52. The Balaban J connectivity index is 1.37. The minimum absolute atomic E-state index is 0.0635. The van der Waals surface area contributed by atoms with Crippen molar-refractivity contribution in [1.29, 1.82) is 0 Å². The lowest BCUT2D eigenvalue weighted by Gasteiger charge is -2.56. The number of aromatic nitrogens is 2. The number of hydrogen-bond acceptors (Lipinski definition) is 5. The van der Waals surface area contributed by atoms with Crippen LogP contribution in [-0.2, 0) is 21.6 Å². The van der Waals surface area contributed by atoms with Crippen LogP contribution in [0.1, 0.15) is 62.1 Å². The molecule has 3 aromatic rings. The highest BCUT2D eigenvalue weighted by Crippen LogP contribution is 2.61. The SMILES string of the molecule is CC/C(=C\C(=O)O)c1cnc(-c2ccc(OCc3ccccc3)c(C34CC5CC(C3)C(=O)C(C5)C4)c2)nc1. The van der Waals surface area contributed by atoms with Crippen molar-refractivity contribution in [3.63, 3.8) is 0 Å². The molecule has 1 N–H and O–H groups in total. The lowest BCUT2D eigenvalue weighted by Crippen LogP contribution is -2.53. The van der Waals surface area contributed by atoms with Gasteiger partial charge >= 0.3 is 5.97 Å². The van der Waals surface area contributed by atoms with Crippen LogP contribution in [0.25, 0.3) is 17.0 Å². The average molecular weight is 509 g/mol. The summed E-state index contributed by atoms with van der Waals surface area (Å²) in [5.74, 6) is 1.89. The smallest absolute Gasteiger partial charge is 0.328 e. The molecule has 1 aromatic heterocycles. The summed E-state index contributed by atoms with van der Waals surface area (Å²) in [6.45, 7) is 2.40. The predicted molar refractivity (Wildman–Crippen MR) is 144 cm³/mol. The van der Waals surface area contributed by atoms with Crippen LogP contribution in [0.5, 0.6) is 5.75 Å². The zero-order valence-electron chi connectivity index (χ0n) is 21.6. The van der Waals surface area contributed by atoms with Crippen LogP contribution < -0.4 is 4.74 Å². The number of carboxylic acids is 1. The highest BCUT2D eigenvalue weighted by Gasteiger charge is 2.56. The van der Waals surface area contributed by atoms with E-state index in [2.05, 4.69) is 28.2 Å². The third-order valence-electron chi connectivity index (χ3n) is 8.74. The van der Waals surface area contributed by atoms with Crippen molar-refractivity contribution in [1.82, 2.24) is 9.97 Å². The van der Waals surface area contributed by atoms with E-state index in [-0.39, 0.29) is 17.3 Å². The topological polar surface area (TPSA) is 89.4 Å². The second-order valence-electron chi connectivity index (χ2n) is 11.2. The first-order valence-corrected chi connectivity index (χ1v) is 13.6. The Morgan fingerprint density at radius 2 is 1.76 bits per heavy atom. The molecule has 7 rings (SSSR count). The maximum Gasteiger partial charge on any atom is 0.328 e. The van der Waals surface area contributed by atoms with Crippen LogP contribution in [0.4, 0.5) is 0 Å². The van der Waals surface area contributed by atoms with E-state index in [0.717, 1.165) is 49.0 Å². The first kappa shape index (κ1) is 24.5. The second-order valence-corrected chi connectivity index (χ2v) is 11.2. The summed E-state index contributed by atoms with van der Waals surface area (Å²) < 4.78 is 6.44. The van der Waals surface area contributed by atoms with Gasteiger partial charge in [-0.1, -0.05) is 37.3 Å². The number of rotatable bonds is 8. The largest absolute Gasteiger partial charge is 0.489 e. The lowest BCUT2D eigenvalue weighted by molar-refractivity contribution is -0.142. The Kier molecular flexibility index (Phi) is 6.34. The van der Waals surface area contributed by atoms with Gasteiger partial charge in [-0.25, -0.2) is 14.8 Å². The molecule has 2 unspecified atom stereocenters. The maximum absolute atomic E-state index is 12.9. The van der Waals surface area contributed by atoms with Gasteiger partial charge in [-0.15, -0.1) is 0 Å². The van der Waals surface area contributed by atoms with Crippen LogP contribution in [0.15, 0.2) is 67.0 Å². The number of allylic oxidation sites excluding steroid dienone is 1. The standard InChI is InChI=1S/C32H32N2O4/c1-2-22(13-29(35)36)26-17-33-31(34-18-26)23-8-9-28(38-19-20-6-4-3-5-7-20)27(12-23)32-14-21-10-24(15-32)30(37)25(11-21)16-32/h3-9,12-13,17-18,21,24-25H,2,10-11,14-16,19H2,1H3,(H,35,36)/b22-13+. The summed E-state index contributed by atoms with van der Waals surface area (Å²) in [6, 6.07) is 16.4. The molecule has 4 aliphatic carbocycles. The van der Waals surface area contributed by atoms with Gasteiger partial charge in [0.2, 0.25) is 0 Å². The van der Waals surface area contributed by atoms with Gasteiger partial charge in [-0.05, 0) is 73.8 Å². The number of hydrogen-bond donors (Lipinski definition) is 1. The van der Waals surface area contributed by atoms with Gasteiger partial charge in [0, 0.05) is 52.4 Å². The molecule has 0 amide bonds. The number of ether oxygens (including phenoxy) is 1. The summed E-state index contributed by atoms with van der Waals surface area (Å²) in [7, 11) is 0. The molecule has 6 nitrogen and oxygen atoms in total. The fourth-order valence-electron chi connectivity index (χ4n) is 7.20. The summed E-state index contributed by atoms with van der Waals surface area (Å²) in [6.07, 6.45) is 10.1. The van der Waals surface area contributed by atoms with E-state index < -0.39 is 5.97 Å². The Morgan fingerprint density at radius 1 is 1.05 bits per heavy atom. The number of aliphatic carboxylic acids is 1. The third-order valence-corrected chi connectivity index (χ3v) is 8.74. The predicted octanol–water partition coefficient (Wildman–Crippen LogP) is 6.25. The minimum atomic E-state index is -0.976. The number of carbonyl (C=O) groups is 2. The fraction of sp³-hybridized carbons (Fsp3) is 0.375. The van der Waals surface area contributed by atoms with Crippen LogP contribution in [0.3, 0.4) is 0 Å². The van der Waals surface area contributed by atoms with Gasteiger partial charge in [-0.2, -0.15) is 0 Å². The molecule has 194 valence electrons. The van der Waals surface area contributed by atoms with Crippen LogP contribution >= 0.6 is 0 Å². The fourth-order valence-corrected chi connectivity index (χ4v) is 7.20. The Labute approximate surface area is 222 Å². The van der Waals surface area contributed by atoms with Crippen molar-refractivity contribution in [2.45, 2.75) is 57.5 Å². The van der Waals surface area contributed by atoms with Crippen LogP contribution in [0.2, 0.25) is 0 Å². The lowest BCUT2D eigenvalue weighted by atomic mass is 9.47. The van der Waals surface area contributed by atoms with Gasteiger partial charge < -0.3 is 9.84 Å². The highest BCUT2D eigenvalue weighted by molar-refractivity contribution is 5.90. The number of Topliss-reactive ketones (excluding diaryl/α,β-unsaturated/α-hetero) is 1. The van der Waals surface area contributed by atoms with Crippen molar-refractivity contribution in [3.05, 3.63) is 83.7 Å². The molecule has 0 radical (unpaired) electrons. The molecule has 2 atom stereocenters. The molecule has 0 saturated heterocycles. The Morgan fingerprint density at radius 3 is 2.42 bits per heavy atom. The molecule has 4 fully saturated rings. The number of benzene rings is 2. The molecule has 0 aliphatic heterocycles. The molecule has 0 spiro atoms. The van der Waals surface area contributed by atoms with E-state index in [1.54, 1.807) is 12.4 Å². The minimum Gasteiger partial charge on any atom is -0.489 e. The number of nitrogens with zero attached hydrogens (tertiary/aromatic N) is 2. The first-order chi connectivity index (χ1) is 18.4. The maximum atomic E-state index is 12.9. The van der Waals surface area contributed by atoms with Gasteiger partial charge in [0.1, 0.15) is 18.1 Å². The van der Waals surface area contributed by atoms with E-state index >= 15 is 0 Å². The van der Waals surface area contributed by atoms with Crippen molar-refractivity contribution < 1.29 is 19.4 Å². The van der Waals surface area contributed by atoms with Crippen LogP contribution in [0, 0.1) is 17.8 Å². The molecule has 6 heteroatoms. The van der Waals surface area contributed by atoms with Crippen molar-refractivity contribution >= 4 is 17.3 Å². The molecule has 4 aliphatic rings. The summed E-state index contributed by atoms with van der Waals surface area (Å²) in [5, 5.41) is 9.16. The molecule has 1 heterocycles. The molecule has 4 bridgehead atoms. The number of carbonyl (C=O) groups excluding carboxylic acids is 1. The molecular formula is C32H32N2O4.